The number of benzene rings is 1. The SMILES string of the molecule is N#CCCCCOc1ccc(Br)c(F)c1. The Morgan fingerprint density at radius 3 is 2.87 bits per heavy atom. The Morgan fingerprint density at radius 1 is 1.40 bits per heavy atom. The zero-order valence-electron chi connectivity index (χ0n) is 8.17. The van der Waals surface area contributed by atoms with E-state index in [1.807, 2.05) is 0 Å². The van der Waals surface area contributed by atoms with E-state index < -0.39 is 0 Å². The van der Waals surface area contributed by atoms with Gasteiger partial charge < -0.3 is 4.74 Å². The summed E-state index contributed by atoms with van der Waals surface area (Å²) in [6, 6.07) is 6.72. The molecular formula is C11H11BrFNO. The van der Waals surface area contributed by atoms with Crippen molar-refractivity contribution < 1.29 is 9.13 Å². The van der Waals surface area contributed by atoms with Gasteiger partial charge in [0.25, 0.3) is 0 Å². The first-order chi connectivity index (χ1) is 7.24. The fraction of sp³-hybridized carbons (Fsp3) is 0.364. The van der Waals surface area contributed by atoms with E-state index in [-0.39, 0.29) is 5.82 Å². The Bertz CT molecular complexity index is 362. The maximum Gasteiger partial charge on any atom is 0.141 e. The van der Waals surface area contributed by atoms with Crippen LogP contribution < -0.4 is 4.74 Å². The van der Waals surface area contributed by atoms with Gasteiger partial charge in [0.1, 0.15) is 11.6 Å². The van der Waals surface area contributed by atoms with Gasteiger partial charge in [-0.15, -0.1) is 0 Å². The molecule has 0 aliphatic carbocycles. The molecule has 0 saturated carbocycles. The monoisotopic (exact) mass is 271 g/mol. The van der Waals surface area contributed by atoms with E-state index >= 15 is 0 Å². The molecule has 0 atom stereocenters. The first kappa shape index (κ1) is 12.0. The molecule has 0 aromatic heterocycles. The van der Waals surface area contributed by atoms with Crippen LogP contribution >= 0.6 is 15.9 Å². The van der Waals surface area contributed by atoms with E-state index in [4.69, 9.17) is 10.00 Å². The normalized spacial score (nSPS) is 9.67. The zero-order valence-corrected chi connectivity index (χ0v) is 9.76. The van der Waals surface area contributed by atoms with E-state index in [9.17, 15) is 4.39 Å². The van der Waals surface area contributed by atoms with Crippen molar-refractivity contribution in [3.8, 4) is 11.8 Å². The summed E-state index contributed by atoms with van der Waals surface area (Å²) >= 11 is 3.07. The molecule has 0 aliphatic rings. The van der Waals surface area contributed by atoms with E-state index in [1.54, 1.807) is 12.1 Å². The maximum absolute atomic E-state index is 13.0. The van der Waals surface area contributed by atoms with Gasteiger partial charge >= 0.3 is 0 Å². The molecule has 0 fully saturated rings. The third-order valence-electron chi connectivity index (χ3n) is 1.84. The average Bonchev–Trinajstić information content (AvgIpc) is 2.23. The summed E-state index contributed by atoms with van der Waals surface area (Å²) in [4.78, 5) is 0. The molecule has 4 heteroatoms. The number of nitrogens with zero attached hydrogens (tertiary/aromatic N) is 1. The average molecular weight is 272 g/mol. The fourth-order valence-corrected chi connectivity index (χ4v) is 1.31. The minimum atomic E-state index is -0.329. The Hall–Kier alpha value is -1.08. The minimum absolute atomic E-state index is 0.329. The largest absolute Gasteiger partial charge is 0.493 e. The fourth-order valence-electron chi connectivity index (χ4n) is 1.06. The number of halogens is 2. The molecule has 2 nitrogen and oxygen atoms in total. The lowest BCUT2D eigenvalue weighted by Crippen LogP contribution is -1.97. The van der Waals surface area contributed by atoms with Gasteiger partial charge in [0, 0.05) is 12.5 Å². The molecule has 0 bridgehead atoms. The molecule has 80 valence electrons. The number of unbranched alkanes of at least 4 members (excludes halogenated alkanes) is 2. The molecule has 1 aromatic carbocycles. The third-order valence-corrected chi connectivity index (χ3v) is 2.49. The predicted octanol–water partition coefficient (Wildman–Crippen LogP) is 3.66. The highest BCUT2D eigenvalue weighted by Crippen LogP contribution is 2.20. The van der Waals surface area contributed by atoms with E-state index in [2.05, 4.69) is 22.0 Å². The topological polar surface area (TPSA) is 33.0 Å². The molecule has 1 rings (SSSR count). The van der Waals surface area contributed by atoms with Crippen LogP contribution in [0.3, 0.4) is 0 Å². The van der Waals surface area contributed by atoms with E-state index in [0.717, 1.165) is 12.8 Å². The number of nitriles is 1. The van der Waals surface area contributed by atoms with Gasteiger partial charge in [-0.05, 0) is 40.9 Å². The summed E-state index contributed by atoms with van der Waals surface area (Å²) in [6.07, 6.45) is 2.17. The highest BCUT2D eigenvalue weighted by molar-refractivity contribution is 9.10. The van der Waals surface area contributed by atoms with E-state index in [0.29, 0.717) is 23.2 Å². The Balaban J connectivity index is 2.32. The number of rotatable bonds is 5. The van der Waals surface area contributed by atoms with Crippen LogP contribution in [0.15, 0.2) is 22.7 Å². The standard InChI is InChI=1S/C11H11BrFNO/c12-10-5-4-9(8-11(10)13)15-7-3-1-2-6-14/h4-5,8H,1-3,7H2. The van der Waals surface area contributed by atoms with Crippen molar-refractivity contribution in [3.05, 3.63) is 28.5 Å². The zero-order chi connectivity index (χ0) is 11.1. The van der Waals surface area contributed by atoms with Crippen molar-refractivity contribution in [1.82, 2.24) is 0 Å². The summed E-state index contributed by atoms with van der Waals surface area (Å²) in [5.41, 5.74) is 0. The van der Waals surface area contributed by atoms with Crippen LogP contribution in [0.2, 0.25) is 0 Å². The summed E-state index contributed by atoms with van der Waals surface area (Å²) in [6.45, 7) is 0.517. The highest BCUT2D eigenvalue weighted by atomic mass is 79.9. The smallest absolute Gasteiger partial charge is 0.141 e. The van der Waals surface area contributed by atoms with Crippen LogP contribution in [0, 0.1) is 17.1 Å². The molecule has 0 N–H and O–H groups in total. The molecule has 0 radical (unpaired) electrons. The third kappa shape index (κ3) is 4.30. The van der Waals surface area contributed by atoms with Gasteiger partial charge in [-0.2, -0.15) is 5.26 Å². The first-order valence-electron chi connectivity index (χ1n) is 4.69. The van der Waals surface area contributed by atoms with Crippen molar-refractivity contribution in [2.24, 2.45) is 0 Å². The van der Waals surface area contributed by atoms with Gasteiger partial charge in [0.05, 0.1) is 17.1 Å². The van der Waals surface area contributed by atoms with Crippen molar-refractivity contribution in [3.63, 3.8) is 0 Å². The van der Waals surface area contributed by atoms with Crippen molar-refractivity contribution in [2.75, 3.05) is 6.61 Å². The quantitative estimate of drug-likeness (QED) is 0.766. The van der Waals surface area contributed by atoms with Gasteiger partial charge in [0.15, 0.2) is 0 Å². The molecule has 0 saturated heterocycles. The highest BCUT2D eigenvalue weighted by Gasteiger charge is 2.00. The Labute approximate surface area is 96.8 Å². The molecule has 0 heterocycles. The van der Waals surface area contributed by atoms with Crippen LogP contribution in [-0.2, 0) is 0 Å². The van der Waals surface area contributed by atoms with Gasteiger partial charge in [0.2, 0.25) is 0 Å². The molecule has 0 unspecified atom stereocenters. The summed E-state index contributed by atoms with van der Waals surface area (Å²) < 4.78 is 18.8. The van der Waals surface area contributed by atoms with Crippen molar-refractivity contribution in [2.45, 2.75) is 19.3 Å². The van der Waals surface area contributed by atoms with Gasteiger partial charge in [-0.25, -0.2) is 4.39 Å². The lowest BCUT2D eigenvalue weighted by atomic mass is 10.2. The lowest BCUT2D eigenvalue weighted by molar-refractivity contribution is 0.306. The second-order valence-electron chi connectivity index (χ2n) is 3.04. The summed E-state index contributed by atoms with van der Waals surface area (Å²) in [5.74, 6) is 0.192. The molecule has 15 heavy (non-hydrogen) atoms. The van der Waals surface area contributed by atoms with Crippen LogP contribution in [0.4, 0.5) is 4.39 Å². The Morgan fingerprint density at radius 2 is 2.20 bits per heavy atom. The second kappa shape index (κ2) is 6.41. The van der Waals surface area contributed by atoms with E-state index in [1.165, 1.54) is 6.07 Å². The molecule has 0 amide bonds. The number of hydrogen-bond donors (Lipinski definition) is 0. The van der Waals surface area contributed by atoms with Crippen LogP contribution in [0.25, 0.3) is 0 Å². The predicted molar refractivity (Wildman–Crippen MR) is 59.1 cm³/mol. The molecule has 0 aliphatic heterocycles. The van der Waals surface area contributed by atoms with Crippen molar-refractivity contribution >= 4 is 15.9 Å². The minimum Gasteiger partial charge on any atom is -0.493 e. The van der Waals surface area contributed by atoms with Gasteiger partial charge in [-0.3, -0.25) is 0 Å². The second-order valence-corrected chi connectivity index (χ2v) is 3.89. The number of hydrogen-bond acceptors (Lipinski definition) is 2. The number of ether oxygens (including phenoxy) is 1. The molecule has 1 aromatic rings. The van der Waals surface area contributed by atoms with Crippen LogP contribution in [0.1, 0.15) is 19.3 Å². The summed E-state index contributed by atoms with van der Waals surface area (Å²) in [7, 11) is 0. The molecular weight excluding hydrogens is 261 g/mol. The van der Waals surface area contributed by atoms with Crippen molar-refractivity contribution in [1.29, 1.82) is 5.26 Å². The molecule has 0 spiro atoms. The first-order valence-corrected chi connectivity index (χ1v) is 5.48. The lowest BCUT2D eigenvalue weighted by Gasteiger charge is -2.05. The van der Waals surface area contributed by atoms with Crippen LogP contribution in [-0.4, -0.2) is 6.61 Å². The Kier molecular flexibility index (Phi) is 5.13. The van der Waals surface area contributed by atoms with Gasteiger partial charge in [-0.1, -0.05) is 0 Å². The van der Waals surface area contributed by atoms with Crippen LogP contribution in [0.5, 0.6) is 5.75 Å². The summed E-state index contributed by atoms with van der Waals surface area (Å²) in [5, 5.41) is 8.30. The maximum atomic E-state index is 13.0.